The number of nitrogens with zero attached hydrogens (tertiary/aromatic N) is 1. The molecule has 3 nitrogen and oxygen atoms in total. The molecule has 1 amide bonds. The van der Waals surface area contributed by atoms with Gasteiger partial charge < -0.3 is 10.3 Å². The molecule has 1 aliphatic rings. The zero-order chi connectivity index (χ0) is 7.84. The summed E-state index contributed by atoms with van der Waals surface area (Å²) in [7, 11) is 0. The van der Waals surface area contributed by atoms with Gasteiger partial charge in [0.25, 0.3) is 5.91 Å². The first kappa shape index (κ1) is 6.46. The summed E-state index contributed by atoms with van der Waals surface area (Å²) >= 11 is 0. The minimum atomic E-state index is -0.332. The second kappa shape index (κ2) is 2.12. The normalized spacial score (nSPS) is 16.7. The van der Waals surface area contributed by atoms with Crippen molar-refractivity contribution < 1.29 is 4.79 Å². The highest BCUT2D eigenvalue weighted by molar-refractivity contribution is 5.91. The van der Waals surface area contributed by atoms with Gasteiger partial charge in [-0.3, -0.25) is 4.79 Å². The number of carbonyl (C=O) groups is 1. The van der Waals surface area contributed by atoms with Gasteiger partial charge in [-0.2, -0.15) is 0 Å². The number of carbonyl (C=O) groups excluding carboxylic acids is 1. The molecule has 0 bridgehead atoms. The first-order valence-electron chi connectivity index (χ1n) is 3.75. The monoisotopic (exact) mass is 150 g/mol. The largest absolute Gasteiger partial charge is 0.364 e. The highest BCUT2D eigenvalue weighted by atomic mass is 16.1. The molecular weight excluding hydrogens is 140 g/mol. The van der Waals surface area contributed by atoms with Crippen molar-refractivity contribution in [1.82, 2.24) is 4.57 Å². The molecule has 0 aliphatic heterocycles. The van der Waals surface area contributed by atoms with Gasteiger partial charge in [0.2, 0.25) is 0 Å². The molecule has 0 radical (unpaired) electrons. The number of primary amides is 1. The Balaban J connectivity index is 2.37. The van der Waals surface area contributed by atoms with Crippen molar-refractivity contribution in [2.24, 2.45) is 5.73 Å². The summed E-state index contributed by atoms with van der Waals surface area (Å²) in [5, 5.41) is 0. The maximum absolute atomic E-state index is 10.8. The summed E-state index contributed by atoms with van der Waals surface area (Å²) in [5.41, 5.74) is 5.80. The maximum Gasteiger partial charge on any atom is 0.265 e. The van der Waals surface area contributed by atoms with E-state index in [-0.39, 0.29) is 5.91 Å². The van der Waals surface area contributed by atoms with Crippen LogP contribution in [0.3, 0.4) is 0 Å². The molecule has 0 spiro atoms. The maximum atomic E-state index is 10.8. The van der Waals surface area contributed by atoms with Crippen LogP contribution in [0.15, 0.2) is 18.3 Å². The Labute approximate surface area is 64.8 Å². The van der Waals surface area contributed by atoms with Crippen molar-refractivity contribution in [3.63, 3.8) is 0 Å². The van der Waals surface area contributed by atoms with Gasteiger partial charge in [0.15, 0.2) is 0 Å². The molecule has 0 unspecified atom stereocenters. The van der Waals surface area contributed by atoms with E-state index < -0.39 is 0 Å². The summed E-state index contributed by atoms with van der Waals surface area (Å²) in [4.78, 5) is 10.8. The molecule has 3 heteroatoms. The Kier molecular flexibility index (Phi) is 1.24. The zero-order valence-electron chi connectivity index (χ0n) is 6.16. The van der Waals surface area contributed by atoms with Gasteiger partial charge in [0.05, 0.1) is 0 Å². The fourth-order valence-corrected chi connectivity index (χ4v) is 1.27. The lowest BCUT2D eigenvalue weighted by Crippen LogP contribution is -2.15. The summed E-state index contributed by atoms with van der Waals surface area (Å²) in [6.07, 6.45) is 4.27. The smallest absolute Gasteiger partial charge is 0.265 e. The molecule has 1 aromatic heterocycles. The fraction of sp³-hybridized carbons (Fsp3) is 0.375. The second-order valence-corrected chi connectivity index (χ2v) is 2.90. The Bertz CT molecular complexity index is 286. The van der Waals surface area contributed by atoms with Crippen LogP contribution in [-0.2, 0) is 0 Å². The number of amides is 1. The molecular formula is C8H10N2O. The Hall–Kier alpha value is -1.25. The molecule has 0 atom stereocenters. The fourth-order valence-electron chi connectivity index (χ4n) is 1.27. The Morgan fingerprint density at radius 1 is 1.64 bits per heavy atom. The SMILES string of the molecule is NC(=O)c1cccn1C1CC1. The van der Waals surface area contributed by atoms with E-state index in [9.17, 15) is 4.79 Å². The summed E-state index contributed by atoms with van der Waals surface area (Å²) in [6, 6.07) is 4.16. The van der Waals surface area contributed by atoms with E-state index in [1.54, 1.807) is 6.07 Å². The van der Waals surface area contributed by atoms with Crippen LogP contribution in [0, 0.1) is 0 Å². The number of rotatable bonds is 2. The standard InChI is InChI=1S/C8H10N2O/c9-8(11)7-2-1-5-10(7)6-3-4-6/h1-2,5-6H,3-4H2,(H2,9,11). The van der Waals surface area contributed by atoms with Crippen molar-refractivity contribution >= 4 is 5.91 Å². The molecule has 1 heterocycles. The van der Waals surface area contributed by atoms with Crippen LogP contribution < -0.4 is 5.73 Å². The third kappa shape index (κ3) is 1.02. The highest BCUT2D eigenvalue weighted by Crippen LogP contribution is 2.35. The number of hydrogen-bond acceptors (Lipinski definition) is 1. The van der Waals surface area contributed by atoms with Crippen LogP contribution in [0.25, 0.3) is 0 Å². The predicted octanol–water partition coefficient (Wildman–Crippen LogP) is 0.922. The average Bonchev–Trinajstić information content (AvgIpc) is 2.68. The van der Waals surface area contributed by atoms with Gasteiger partial charge in [-0.1, -0.05) is 0 Å². The van der Waals surface area contributed by atoms with Crippen LogP contribution in [-0.4, -0.2) is 10.5 Å². The molecule has 58 valence electrons. The first-order chi connectivity index (χ1) is 5.29. The van der Waals surface area contributed by atoms with Gasteiger partial charge >= 0.3 is 0 Å². The quantitative estimate of drug-likeness (QED) is 0.669. The summed E-state index contributed by atoms with van der Waals surface area (Å²) < 4.78 is 1.96. The minimum absolute atomic E-state index is 0.332. The third-order valence-corrected chi connectivity index (χ3v) is 1.97. The zero-order valence-corrected chi connectivity index (χ0v) is 6.16. The van der Waals surface area contributed by atoms with Crippen molar-refractivity contribution in [3.05, 3.63) is 24.0 Å². The molecule has 1 aliphatic carbocycles. The molecule has 1 aromatic rings. The van der Waals surface area contributed by atoms with Crippen LogP contribution in [0.5, 0.6) is 0 Å². The predicted molar refractivity (Wildman–Crippen MR) is 41.2 cm³/mol. The Morgan fingerprint density at radius 2 is 2.36 bits per heavy atom. The third-order valence-electron chi connectivity index (χ3n) is 1.97. The van der Waals surface area contributed by atoms with Crippen molar-refractivity contribution in [2.45, 2.75) is 18.9 Å². The van der Waals surface area contributed by atoms with Gasteiger partial charge in [-0.05, 0) is 25.0 Å². The molecule has 2 N–H and O–H groups in total. The summed E-state index contributed by atoms with van der Waals surface area (Å²) in [6.45, 7) is 0. The average molecular weight is 150 g/mol. The lowest BCUT2D eigenvalue weighted by Gasteiger charge is -2.02. The van der Waals surface area contributed by atoms with Gasteiger partial charge in [-0.25, -0.2) is 0 Å². The molecule has 0 aromatic carbocycles. The van der Waals surface area contributed by atoms with Crippen LogP contribution >= 0.6 is 0 Å². The van der Waals surface area contributed by atoms with Crippen molar-refractivity contribution in [3.8, 4) is 0 Å². The summed E-state index contributed by atoms with van der Waals surface area (Å²) in [5.74, 6) is -0.332. The van der Waals surface area contributed by atoms with Crippen LogP contribution in [0.1, 0.15) is 29.4 Å². The molecule has 2 rings (SSSR count). The van der Waals surface area contributed by atoms with E-state index in [0.717, 1.165) is 0 Å². The highest BCUT2D eigenvalue weighted by Gasteiger charge is 2.25. The van der Waals surface area contributed by atoms with Crippen LogP contribution in [0.4, 0.5) is 0 Å². The topological polar surface area (TPSA) is 48.0 Å². The van der Waals surface area contributed by atoms with Crippen molar-refractivity contribution in [1.29, 1.82) is 0 Å². The molecule has 0 saturated heterocycles. The van der Waals surface area contributed by atoms with Gasteiger partial charge in [-0.15, -0.1) is 0 Å². The van der Waals surface area contributed by atoms with E-state index in [1.165, 1.54) is 12.8 Å². The first-order valence-corrected chi connectivity index (χ1v) is 3.75. The van der Waals surface area contributed by atoms with Crippen molar-refractivity contribution in [2.75, 3.05) is 0 Å². The second-order valence-electron chi connectivity index (χ2n) is 2.90. The van der Waals surface area contributed by atoms with E-state index >= 15 is 0 Å². The lowest BCUT2D eigenvalue weighted by atomic mass is 10.4. The molecule has 1 saturated carbocycles. The molecule has 1 fully saturated rings. The van der Waals surface area contributed by atoms with Gasteiger partial charge in [0.1, 0.15) is 5.69 Å². The van der Waals surface area contributed by atoms with Gasteiger partial charge in [0, 0.05) is 12.2 Å². The van der Waals surface area contributed by atoms with Crippen LogP contribution in [0.2, 0.25) is 0 Å². The number of hydrogen-bond donors (Lipinski definition) is 1. The number of nitrogens with two attached hydrogens (primary N) is 1. The van der Waals surface area contributed by atoms with E-state index in [2.05, 4.69) is 0 Å². The minimum Gasteiger partial charge on any atom is -0.364 e. The Morgan fingerprint density at radius 3 is 2.91 bits per heavy atom. The lowest BCUT2D eigenvalue weighted by molar-refractivity contribution is 0.0991. The van der Waals surface area contributed by atoms with E-state index in [1.807, 2.05) is 16.8 Å². The molecule has 11 heavy (non-hydrogen) atoms. The van der Waals surface area contributed by atoms with E-state index in [0.29, 0.717) is 11.7 Å². The number of aromatic nitrogens is 1. The van der Waals surface area contributed by atoms with E-state index in [4.69, 9.17) is 5.73 Å².